The lowest BCUT2D eigenvalue weighted by atomic mass is 10.3. The van der Waals surface area contributed by atoms with Gasteiger partial charge >= 0.3 is 0 Å². The molecule has 2 N–H and O–H groups in total. The second kappa shape index (κ2) is 9.45. The Hall–Kier alpha value is -0.840. The van der Waals surface area contributed by atoms with Gasteiger partial charge in [0.15, 0.2) is 5.96 Å². The molecule has 0 saturated carbocycles. The van der Waals surface area contributed by atoms with Crippen LogP contribution in [0.25, 0.3) is 0 Å². The van der Waals surface area contributed by atoms with Crippen molar-refractivity contribution in [2.24, 2.45) is 12.0 Å². The first-order valence-electron chi connectivity index (χ1n) is 6.82. The number of hydrogen-bond acceptors (Lipinski definition) is 4. The second-order valence-corrected chi connectivity index (χ2v) is 6.71. The molecule has 0 aliphatic heterocycles. The van der Waals surface area contributed by atoms with E-state index in [1.54, 1.807) is 17.8 Å². The zero-order valence-corrected chi connectivity index (χ0v) is 17.1. The van der Waals surface area contributed by atoms with Crippen molar-refractivity contribution in [3.8, 4) is 0 Å². The first kappa shape index (κ1) is 20.2. The van der Waals surface area contributed by atoms with E-state index >= 15 is 0 Å². The lowest BCUT2D eigenvalue weighted by Crippen LogP contribution is -2.40. The van der Waals surface area contributed by atoms with Gasteiger partial charge in [-0.05, 0) is 12.1 Å². The quantitative estimate of drug-likeness (QED) is 0.401. The average Bonchev–Trinajstić information content (AvgIpc) is 3.08. The molecule has 1 unspecified atom stereocenters. The van der Waals surface area contributed by atoms with Crippen LogP contribution < -0.4 is 5.32 Å². The number of aliphatic hydroxyl groups excluding tert-OH is 1. The summed E-state index contributed by atoms with van der Waals surface area (Å²) >= 11 is 7.26. The monoisotopic (exact) mass is 469 g/mol. The fourth-order valence-corrected chi connectivity index (χ4v) is 3.13. The molecule has 6 nitrogen and oxygen atoms in total. The molecule has 2 aromatic heterocycles. The summed E-state index contributed by atoms with van der Waals surface area (Å²) in [6.45, 7) is 1.06. The molecule has 0 spiro atoms. The average molecular weight is 470 g/mol. The molecule has 2 heterocycles. The van der Waals surface area contributed by atoms with Gasteiger partial charge in [-0.1, -0.05) is 11.6 Å². The van der Waals surface area contributed by atoms with Crippen LogP contribution in [-0.4, -0.2) is 46.4 Å². The summed E-state index contributed by atoms with van der Waals surface area (Å²) in [5, 5.41) is 17.5. The predicted octanol–water partition coefficient (Wildman–Crippen LogP) is 2.49. The van der Waals surface area contributed by atoms with Crippen LogP contribution in [0.2, 0.25) is 4.34 Å². The van der Waals surface area contributed by atoms with Gasteiger partial charge in [0.05, 0.1) is 10.5 Å². The highest BCUT2D eigenvalue weighted by Crippen LogP contribution is 2.26. The first-order valence-corrected chi connectivity index (χ1v) is 8.01. The van der Waals surface area contributed by atoms with Crippen LogP contribution >= 0.6 is 46.9 Å². The zero-order chi connectivity index (χ0) is 16.1. The molecule has 0 radical (unpaired) electrons. The summed E-state index contributed by atoms with van der Waals surface area (Å²) in [5.74, 6) is 0.713. The van der Waals surface area contributed by atoms with Gasteiger partial charge in [0.25, 0.3) is 0 Å². The van der Waals surface area contributed by atoms with E-state index in [4.69, 9.17) is 11.6 Å². The van der Waals surface area contributed by atoms with E-state index in [-0.39, 0.29) is 24.0 Å². The molecule has 128 valence electrons. The number of rotatable bonds is 5. The lowest BCUT2D eigenvalue weighted by Gasteiger charge is -2.22. The van der Waals surface area contributed by atoms with E-state index in [0.29, 0.717) is 23.4 Å². The van der Waals surface area contributed by atoms with Crippen molar-refractivity contribution in [3.63, 3.8) is 0 Å². The maximum atomic E-state index is 10.2. The zero-order valence-electron chi connectivity index (χ0n) is 13.2. The Morgan fingerprint density at radius 3 is 2.83 bits per heavy atom. The van der Waals surface area contributed by atoms with Gasteiger partial charge < -0.3 is 15.3 Å². The number of aliphatic hydroxyl groups is 1. The second-order valence-electron chi connectivity index (χ2n) is 4.96. The number of hydrogen-bond donors (Lipinski definition) is 2. The number of aliphatic imine (C=N–C) groups is 1. The van der Waals surface area contributed by atoms with Crippen LogP contribution in [0.4, 0.5) is 0 Å². The predicted molar refractivity (Wildman–Crippen MR) is 106 cm³/mol. The van der Waals surface area contributed by atoms with Crippen molar-refractivity contribution < 1.29 is 5.11 Å². The van der Waals surface area contributed by atoms with Gasteiger partial charge in [0.1, 0.15) is 6.10 Å². The van der Waals surface area contributed by atoms with Crippen molar-refractivity contribution in [3.05, 3.63) is 39.3 Å². The van der Waals surface area contributed by atoms with Crippen molar-refractivity contribution in [2.75, 3.05) is 20.6 Å². The maximum Gasteiger partial charge on any atom is 0.193 e. The largest absolute Gasteiger partial charge is 0.386 e. The fourth-order valence-electron chi connectivity index (χ4n) is 2.08. The lowest BCUT2D eigenvalue weighted by molar-refractivity contribution is 0.183. The third kappa shape index (κ3) is 5.94. The molecule has 2 aromatic rings. The van der Waals surface area contributed by atoms with Crippen LogP contribution in [0.3, 0.4) is 0 Å². The SMILES string of the molecule is CN=C(NCC(O)c1ccc(Cl)s1)N(C)Cc1cnn(C)c1.I. The molecule has 0 saturated heterocycles. The van der Waals surface area contributed by atoms with Crippen molar-refractivity contribution in [1.29, 1.82) is 0 Å². The third-order valence-electron chi connectivity index (χ3n) is 3.13. The Morgan fingerprint density at radius 2 is 2.30 bits per heavy atom. The number of aromatic nitrogens is 2. The molecule has 2 rings (SSSR count). The minimum Gasteiger partial charge on any atom is -0.386 e. The molecule has 0 amide bonds. The summed E-state index contributed by atoms with van der Waals surface area (Å²) in [6, 6.07) is 3.62. The maximum absolute atomic E-state index is 10.2. The summed E-state index contributed by atoms with van der Waals surface area (Å²) < 4.78 is 2.44. The minimum absolute atomic E-state index is 0. The van der Waals surface area contributed by atoms with Gasteiger partial charge in [0.2, 0.25) is 0 Å². The highest BCUT2D eigenvalue weighted by atomic mass is 127. The van der Waals surface area contributed by atoms with Crippen molar-refractivity contribution in [2.45, 2.75) is 12.6 Å². The molecule has 0 bridgehead atoms. The van der Waals surface area contributed by atoms with E-state index in [0.717, 1.165) is 10.4 Å². The molecule has 1 atom stereocenters. The summed E-state index contributed by atoms with van der Waals surface area (Å²) in [7, 11) is 5.55. The summed E-state index contributed by atoms with van der Waals surface area (Å²) in [5.41, 5.74) is 1.10. The molecule has 0 fully saturated rings. The molecule has 23 heavy (non-hydrogen) atoms. The highest BCUT2D eigenvalue weighted by Gasteiger charge is 2.13. The Labute approximate surface area is 162 Å². The minimum atomic E-state index is -0.610. The number of aryl methyl sites for hydroxylation is 1. The highest BCUT2D eigenvalue weighted by molar-refractivity contribution is 14.0. The normalized spacial score (nSPS) is 12.7. The number of guanidine groups is 1. The van der Waals surface area contributed by atoms with Crippen LogP contribution in [0.5, 0.6) is 0 Å². The Kier molecular flexibility index (Phi) is 8.31. The van der Waals surface area contributed by atoms with Gasteiger partial charge in [-0.25, -0.2) is 0 Å². The van der Waals surface area contributed by atoms with Crippen LogP contribution in [0, 0.1) is 0 Å². The van der Waals surface area contributed by atoms with E-state index in [1.807, 2.05) is 37.5 Å². The van der Waals surface area contributed by atoms with Crippen LogP contribution in [0.15, 0.2) is 29.5 Å². The molecular formula is C14H21ClIN5OS. The summed E-state index contributed by atoms with van der Waals surface area (Å²) in [6.07, 6.45) is 3.18. The van der Waals surface area contributed by atoms with Crippen LogP contribution in [-0.2, 0) is 13.6 Å². The fraction of sp³-hybridized carbons (Fsp3) is 0.429. The van der Waals surface area contributed by atoms with Gasteiger partial charge in [-0.2, -0.15) is 5.10 Å². The number of thiophene rings is 1. The van der Waals surface area contributed by atoms with Crippen LogP contribution in [0.1, 0.15) is 16.5 Å². The Balaban J connectivity index is 0.00000264. The molecular weight excluding hydrogens is 449 g/mol. The Morgan fingerprint density at radius 1 is 1.57 bits per heavy atom. The van der Waals surface area contributed by atoms with Gasteiger partial charge in [0, 0.05) is 50.9 Å². The van der Waals surface area contributed by atoms with Gasteiger partial charge in [-0.15, -0.1) is 35.3 Å². The van der Waals surface area contributed by atoms with Crippen molar-refractivity contribution >= 4 is 52.9 Å². The van der Waals surface area contributed by atoms with E-state index in [2.05, 4.69) is 15.4 Å². The number of nitrogens with one attached hydrogen (secondary N) is 1. The smallest absolute Gasteiger partial charge is 0.193 e. The topological polar surface area (TPSA) is 65.7 Å². The molecule has 0 aromatic carbocycles. The van der Waals surface area contributed by atoms with E-state index in [1.165, 1.54) is 11.3 Å². The number of halogens is 2. The van der Waals surface area contributed by atoms with Crippen molar-refractivity contribution in [1.82, 2.24) is 20.0 Å². The molecule has 0 aliphatic carbocycles. The molecule has 0 aliphatic rings. The van der Waals surface area contributed by atoms with Gasteiger partial charge in [-0.3, -0.25) is 9.67 Å². The Bertz CT molecular complexity index is 645. The van der Waals surface area contributed by atoms with E-state index in [9.17, 15) is 5.11 Å². The standard InChI is InChI=1S/C14H20ClN5OS.HI/c1-16-14(19(2)8-10-6-18-20(3)9-10)17-7-11(21)12-4-5-13(15)22-12;/h4-6,9,11,21H,7-8H2,1-3H3,(H,16,17);1H. The third-order valence-corrected chi connectivity index (χ3v) is 4.46. The molecule has 9 heteroatoms. The first-order chi connectivity index (χ1) is 10.5. The summed E-state index contributed by atoms with van der Waals surface area (Å²) in [4.78, 5) is 7.05. The van der Waals surface area contributed by atoms with E-state index < -0.39 is 6.10 Å². The number of nitrogens with zero attached hydrogens (tertiary/aromatic N) is 4.